The molecule has 1 saturated heterocycles. The van der Waals surface area contributed by atoms with E-state index >= 15 is 0 Å². The van der Waals surface area contributed by atoms with E-state index in [9.17, 15) is 4.79 Å². The topological polar surface area (TPSA) is 79.4 Å². The van der Waals surface area contributed by atoms with Gasteiger partial charge >= 0.3 is 0 Å². The first-order chi connectivity index (χ1) is 18.6. The molecule has 9 heteroatoms. The number of hydrogen-bond donors (Lipinski definition) is 0. The van der Waals surface area contributed by atoms with Crippen molar-refractivity contribution in [2.45, 2.75) is 19.1 Å². The van der Waals surface area contributed by atoms with Crippen molar-refractivity contribution >= 4 is 27.5 Å². The maximum Gasteiger partial charge on any atom is 0.258 e. The third kappa shape index (κ3) is 4.75. The normalized spacial score (nSPS) is 17.0. The van der Waals surface area contributed by atoms with Gasteiger partial charge < -0.3 is 28.6 Å². The average molecular weight is 533 g/mol. The van der Waals surface area contributed by atoms with Crippen molar-refractivity contribution in [2.75, 3.05) is 40.6 Å². The van der Waals surface area contributed by atoms with Crippen LogP contribution in [0.2, 0.25) is 0 Å². The number of fused-ring (bicyclic) bond motifs is 2. The standard InChI is InChI=1S/C29H28N2O6S/c1-33-20-7-8-22(24(15-20)34-2)29(32)31-10-12-36-27-19(16-31)13-18(14-25(27)37-21-9-11-35-17-21)28-30-23-5-3-4-6-26(23)38-28/h3-8,13-15,21H,9-12,16-17H2,1-2H3. The zero-order valence-corrected chi connectivity index (χ0v) is 22.1. The van der Waals surface area contributed by atoms with Gasteiger partial charge in [-0.1, -0.05) is 12.1 Å². The monoisotopic (exact) mass is 532 g/mol. The Morgan fingerprint density at radius 3 is 2.74 bits per heavy atom. The molecule has 6 rings (SSSR count). The van der Waals surface area contributed by atoms with Gasteiger partial charge in [0.05, 0.1) is 49.8 Å². The molecule has 1 aromatic heterocycles. The minimum absolute atomic E-state index is 0.0436. The number of hydrogen-bond acceptors (Lipinski definition) is 8. The molecule has 0 aliphatic carbocycles. The molecule has 2 aliphatic heterocycles. The van der Waals surface area contributed by atoms with Gasteiger partial charge in [0, 0.05) is 30.2 Å². The van der Waals surface area contributed by atoms with Crippen molar-refractivity contribution in [1.29, 1.82) is 0 Å². The van der Waals surface area contributed by atoms with Gasteiger partial charge in [-0.2, -0.15) is 0 Å². The lowest BCUT2D eigenvalue weighted by Gasteiger charge is -2.22. The van der Waals surface area contributed by atoms with E-state index in [2.05, 4.69) is 12.1 Å². The second-order valence-corrected chi connectivity index (χ2v) is 10.2. The molecule has 4 aromatic rings. The second kappa shape index (κ2) is 10.5. The maximum absolute atomic E-state index is 13.7. The van der Waals surface area contributed by atoms with Crippen LogP contribution in [0.25, 0.3) is 20.8 Å². The van der Waals surface area contributed by atoms with Crippen LogP contribution in [0, 0.1) is 0 Å². The van der Waals surface area contributed by atoms with Gasteiger partial charge in [0.15, 0.2) is 11.5 Å². The van der Waals surface area contributed by atoms with Crippen LogP contribution in [0.4, 0.5) is 0 Å². The van der Waals surface area contributed by atoms with E-state index in [1.165, 1.54) is 0 Å². The lowest BCUT2D eigenvalue weighted by Crippen LogP contribution is -2.32. The number of rotatable bonds is 6. The summed E-state index contributed by atoms with van der Waals surface area (Å²) >= 11 is 1.63. The van der Waals surface area contributed by atoms with Crippen LogP contribution in [0.5, 0.6) is 23.0 Å². The largest absolute Gasteiger partial charge is 0.497 e. The number of benzene rings is 3. The number of aromatic nitrogens is 1. The Labute approximate surface area is 224 Å². The van der Waals surface area contributed by atoms with Crippen molar-refractivity contribution in [2.24, 2.45) is 0 Å². The number of amides is 1. The number of carbonyl (C=O) groups excluding carboxylic acids is 1. The summed E-state index contributed by atoms with van der Waals surface area (Å²) < 4.78 is 30.1. The molecule has 196 valence electrons. The summed E-state index contributed by atoms with van der Waals surface area (Å²) in [6.07, 6.45) is 0.778. The van der Waals surface area contributed by atoms with E-state index in [0.29, 0.717) is 61.5 Å². The first-order valence-corrected chi connectivity index (χ1v) is 13.4. The van der Waals surface area contributed by atoms with Crippen LogP contribution in [-0.4, -0.2) is 62.5 Å². The Balaban J connectivity index is 1.38. The molecule has 0 N–H and O–H groups in total. The molecule has 0 radical (unpaired) electrons. The molecule has 2 aliphatic rings. The smallest absolute Gasteiger partial charge is 0.258 e. The van der Waals surface area contributed by atoms with Crippen LogP contribution < -0.4 is 18.9 Å². The van der Waals surface area contributed by atoms with E-state index in [4.69, 9.17) is 28.7 Å². The molecule has 38 heavy (non-hydrogen) atoms. The number of thiazole rings is 1. The third-order valence-corrected chi connectivity index (χ3v) is 7.83. The number of nitrogens with zero attached hydrogens (tertiary/aromatic N) is 2. The number of methoxy groups -OCH3 is 2. The first-order valence-electron chi connectivity index (χ1n) is 12.5. The van der Waals surface area contributed by atoms with Crippen molar-refractivity contribution in [3.8, 4) is 33.6 Å². The minimum atomic E-state index is -0.141. The lowest BCUT2D eigenvalue weighted by molar-refractivity contribution is 0.0729. The van der Waals surface area contributed by atoms with Crippen molar-refractivity contribution in [3.63, 3.8) is 0 Å². The predicted molar refractivity (Wildman–Crippen MR) is 145 cm³/mol. The Kier molecular flexibility index (Phi) is 6.78. The van der Waals surface area contributed by atoms with Crippen molar-refractivity contribution < 1.29 is 28.5 Å². The van der Waals surface area contributed by atoms with Crippen molar-refractivity contribution in [3.05, 3.63) is 65.7 Å². The Morgan fingerprint density at radius 2 is 1.95 bits per heavy atom. The Hall–Kier alpha value is -3.82. The fourth-order valence-electron chi connectivity index (χ4n) is 4.79. The van der Waals surface area contributed by atoms with Crippen LogP contribution in [-0.2, 0) is 11.3 Å². The number of carbonyl (C=O) groups is 1. The highest BCUT2D eigenvalue weighted by molar-refractivity contribution is 7.21. The molecule has 1 atom stereocenters. The summed E-state index contributed by atoms with van der Waals surface area (Å²) in [4.78, 5) is 20.3. The van der Waals surface area contributed by atoms with Gasteiger partial charge in [0.1, 0.15) is 29.2 Å². The Morgan fingerprint density at radius 1 is 1.05 bits per heavy atom. The highest BCUT2D eigenvalue weighted by Crippen LogP contribution is 2.41. The molecule has 3 aromatic carbocycles. The third-order valence-electron chi connectivity index (χ3n) is 6.75. The molecule has 1 amide bonds. The predicted octanol–water partition coefficient (Wildman–Crippen LogP) is 5.18. The quantitative estimate of drug-likeness (QED) is 0.338. The van der Waals surface area contributed by atoms with E-state index < -0.39 is 0 Å². The summed E-state index contributed by atoms with van der Waals surface area (Å²) in [7, 11) is 3.13. The summed E-state index contributed by atoms with van der Waals surface area (Å²) in [6.45, 7) is 2.35. The molecular weight excluding hydrogens is 504 g/mol. The van der Waals surface area contributed by atoms with Crippen molar-refractivity contribution in [1.82, 2.24) is 9.88 Å². The fraction of sp³-hybridized carbons (Fsp3) is 0.310. The highest BCUT2D eigenvalue weighted by atomic mass is 32.1. The minimum Gasteiger partial charge on any atom is -0.497 e. The average Bonchev–Trinajstić information content (AvgIpc) is 3.57. The zero-order valence-electron chi connectivity index (χ0n) is 21.3. The Bertz CT molecular complexity index is 1450. The molecule has 1 unspecified atom stereocenters. The van der Waals surface area contributed by atoms with Crippen LogP contribution >= 0.6 is 11.3 Å². The summed E-state index contributed by atoms with van der Waals surface area (Å²) in [5, 5.41) is 0.889. The van der Waals surface area contributed by atoms with Crippen LogP contribution in [0.1, 0.15) is 22.3 Å². The molecule has 0 bridgehead atoms. The zero-order chi connectivity index (χ0) is 26.1. The summed E-state index contributed by atoms with van der Waals surface area (Å²) in [5.74, 6) is 2.27. The van der Waals surface area contributed by atoms with E-state index in [1.807, 2.05) is 24.3 Å². The van der Waals surface area contributed by atoms with Gasteiger partial charge in [-0.3, -0.25) is 4.79 Å². The molecule has 3 heterocycles. The first kappa shape index (κ1) is 24.5. The fourth-order valence-corrected chi connectivity index (χ4v) is 5.75. The molecule has 8 nitrogen and oxygen atoms in total. The van der Waals surface area contributed by atoms with Gasteiger partial charge in [-0.05, 0) is 36.4 Å². The van der Waals surface area contributed by atoms with Crippen LogP contribution in [0.3, 0.4) is 0 Å². The second-order valence-electron chi connectivity index (χ2n) is 9.19. The van der Waals surface area contributed by atoms with Gasteiger partial charge in [-0.25, -0.2) is 4.98 Å². The molecule has 0 spiro atoms. The van der Waals surface area contributed by atoms with Crippen LogP contribution in [0.15, 0.2) is 54.6 Å². The summed E-state index contributed by atoms with van der Waals surface area (Å²) in [5.41, 5.74) is 3.22. The number of para-hydroxylation sites is 1. The molecule has 0 saturated carbocycles. The molecular formula is C29H28N2O6S. The van der Waals surface area contributed by atoms with Gasteiger partial charge in [-0.15, -0.1) is 11.3 Å². The number of ether oxygens (including phenoxy) is 5. The maximum atomic E-state index is 13.7. The van der Waals surface area contributed by atoms with E-state index in [1.54, 1.807) is 48.7 Å². The van der Waals surface area contributed by atoms with Gasteiger partial charge in [0.25, 0.3) is 5.91 Å². The highest BCUT2D eigenvalue weighted by Gasteiger charge is 2.28. The SMILES string of the molecule is COc1ccc(C(=O)N2CCOc3c(cc(-c4nc5ccccc5s4)cc3OC3CCOC3)C2)c(OC)c1. The van der Waals surface area contributed by atoms with E-state index in [0.717, 1.165) is 32.8 Å². The lowest BCUT2D eigenvalue weighted by atomic mass is 10.1. The molecule has 1 fully saturated rings. The van der Waals surface area contributed by atoms with Gasteiger partial charge in [0.2, 0.25) is 0 Å². The van der Waals surface area contributed by atoms with E-state index in [-0.39, 0.29) is 12.0 Å². The summed E-state index contributed by atoms with van der Waals surface area (Å²) in [6, 6.07) is 17.4.